The lowest BCUT2D eigenvalue weighted by atomic mass is 10.0. The average Bonchev–Trinajstić information content (AvgIpc) is 2.64. The Bertz CT molecular complexity index is 710. The molecule has 1 aliphatic rings. The van der Waals surface area contributed by atoms with Crippen LogP contribution in [-0.4, -0.2) is 42.8 Å². The van der Waals surface area contributed by atoms with Crippen LogP contribution in [0.15, 0.2) is 48.5 Å². The van der Waals surface area contributed by atoms with Crippen molar-refractivity contribution in [3.05, 3.63) is 59.7 Å². The summed E-state index contributed by atoms with van der Waals surface area (Å²) in [6.45, 7) is 3.49. The molecule has 3 N–H and O–H groups in total. The molecule has 0 spiro atoms. The zero-order chi connectivity index (χ0) is 18.4. The van der Waals surface area contributed by atoms with Gasteiger partial charge < -0.3 is 20.5 Å². The van der Waals surface area contributed by atoms with E-state index in [2.05, 4.69) is 15.5 Å². The average molecular weight is 355 g/mol. The number of carbonyl (C=O) groups is 1. The minimum Gasteiger partial charge on any atom is -0.497 e. The highest BCUT2D eigenvalue weighted by atomic mass is 16.5. The van der Waals surface area contributed by atoms with Crippen LogP contribution in [0, 0.1) is 5.92 Å². The molecule has 0 saturated carbocycles. The normalized spacial score (nSPS) is 14.5. The lowest BCUT2D eigenvalue weighted by molar-refractivity contribution is 0.0479. The fraction of sp³-hybridized carbons (Fsp3) is 0.350. The molecule has 6 nitrogen and oxygen atoms in total. The third-order valence-electron chi connectivity index (χ3n) is 4.52. The smallest absolute Gasteiger partial charge is 0.319 e. The van der Waals surface area contributed by atoms with Gasteiger partial charge in [0.2, 0.25) is 0 Å². The molecule has 6 heteroatoms. The molecule has 3 rings (SSSR count). The Morgan fingerprint density at radius 1 is 1.12 bits per heavy atom. The molecular formula is C20H25N3O3. The number of urea groups is 1. The van der Waals surface area contributed by atoms with E-state index in [0.717, 1.165) is 36.6 Å². The SMILES string of the molecule is COc1ccc(CNC(=O)Nc2ccc(CN3CC(CO)C3)cc2)cc1. The molecule has 2 amide bonds. The van der Waals surface area contributed by atoms with Crippen molar-refractivity contribution in [2.45, 2.75) is 13.1 Å². The quantitative estimate of drug-likeness (QED) is 0.713. The Kier molecular flexibility index (Phi) is 6.09. The van der Waals surface area contributed by atoms with E-state index in [9.17, 15) is 4.79 Å². The van der Waals surface area contributed by atoms with E-state index in [-0.39, 0.29) is 12.6 Å². The van der Waals surface area contributed by atoms with Gasteiger partial charge in [-0.15, -0.1) is 0 Å². The molecule has 1 fully saturated rings. The maximum Gasteiger partial charge on any atom is 0.319 e. The topological polar surface area (TPSA) is 73.8 Å². The number of rotatable bonds is 7. The number of likely N-dealkylation sites (tertiary alicyclic amines) is 1. The Morgan fingerprint density at radius 2 is 1.77 bits per heavy atom. The third kappa shape index (κ3) is 4.97. The van der Waals surface area contributed by atoms with Crippen molar-refractivity contribution in [2.24, 2.45) is 5.92 Å². The second-order valence-corrected chi connectivity index (χ2v) is 6.60. The zero-order valence-corrected chi connectivity index (χ0v) is 14.9. The highest BCUT2D eigenvalue weighted by molar-refractivity contribution is 5.89. The van der Waals surface area contributed by atoms with Crippen molar-refractivity contribution < 1.29 is 14.6 Å². The molecule has 2 aromatic carbocycles. The highest BCUT2D eigenvalue weighted by Gasteiger charge is 2.25. The number of nitrogens with zero attached hydrogens (tertiary/aromatic N) is 1. The van der Waals surface area contributed by atoms with E-state index in [1.54, 1.807) is 7.11 Å². The molecule has 138 valence electrons. The van der Waals surface area contributed by atoms with E-state index < -0.39 is 0 Å². The van der Waals surface area contributed by atoms with Crippen LogP contribution in [0.1, 0.15) is 11.1 Å². The van der Waals surface area contributed by atoms with Crippen LogP contribution in [0.2, 0.25) is 0 Å². The van der Waals surface area contributed by atoms with E-state index >= 15 is 0 Å². The first-order valence-electron chi connectivity index (χ1n) is 8.76. The zero-order valence-electron chi connectivity index (χ0n) is 14.9. The van der Waals surface area contributed by atoms with E-state index in [1.807, 2.05) is 48.5 Å². The van der Waals surface area contributed by atoms with Gasteiger partial charge in [0.1, 0.15) is 5.75 Å². The van der Waals surface area contributed by atoms with Gasteiger partial charge in [-0.05, 0) is 35.4 Å². The standard InChI is InChI=1S/C20H25N3O3/c1-26-19-8-4-15(5-9-19)10-21-20(25)22-18-6-2-16(3-7-18)11-23-12-17(13-23)14-24/h2-9,17,24H,10-14H2,1H3,(H2,21,22,25). The summed E-state index contributed by atoms with van der Waals surface area (Å²) in [6.07, 6.45) is 0. The van der Waals surface area contributed by atoms with Crippen LogP contribution in [-0.2, 0) is 13.1 Å². The van der Waals surface area contributed by atoms with Gasteiger partial charge in [-0.2, -0.15) is 0 Å². The van der Waals surface area contributed by atoms with E-state index in [1.165, 1.54) is 5.56 Å². The number of benzene rings is 2. The van der Waals surface area contributed by atoms with Gasteiger partial charge in [-0.1, -0.05) is 24.3 Å². The van der Waals surface area contributed by atoms with Crippen LogP contribution in [0.25, 0.3) is 0 Å². The van der Waals surface area contributed by atoms with E-state index in [0.29, 0.717) is 12.5 Å². The first-order chi connectivity index (χ1) is 12.7. The molecular weight excluding hydrogens is 330 g/mol. The fourth-order valence-corrected chi connectivity index (χ4v) is 2.97. The molecule has 1 heterocycles. The number of anilines is 1. The molecule has 0 aromatic heterocycles. The summed E-state index contributed by atoms with van der Waals surface area (Å²) in [7, 11) is 1.63. The second-order valence-electron chi connectivity index (χ2n) is 6.60. The predicted molar refractivity (Wildman–Crippen MR) is 101 cm³/mol. The number of carbonyl (C=O) groups excluding carboxylic acids is 1. The Morgan fingerprint density at radius 3 is 2.38 bits per heavy atom. The minimum atomic E-state index is -0.234. The maximum atomic E-state index is 12.0. The molecule has 1 aliphatic heterocycles. The van der Waals surface area contributed by atoms with E-state index in [4.69, 9.17) is 9.84 Å². The summed E-state index contributed by atoms with van der Waals surface area (Å²) in [5, 5.41) is 14.7. The van der Waals surface area contributed by atoms with Crippen molar-refractivity contribution in [1.29, 1.82) is 0 Å². The van der Waals surface area contributed by atoms with Gasteiger partial charge in [0.05, 0.1) is 7.11 Å². The molecule has 1 saturated heterocycles. The number of aliphatic hydroxyl groups is 1. The van der Waals surface area contributed by atoms with Crippen molar-refractivity contribution >= 4 is 11.7 Å². The van der Waals surface area contributed by atoms with Gasteiger partial charge in [0, 0.05) is 44.4 Å². The molecule has 26 heavy (non-hydrogen) atoms. The Balaban J connectivity index is 1.42. The Labute approximate surface area is 153 Å². The van der Waals surface area contributed by atoms with Gasteiger partial charge in [0.15, 0.2) is 0 Å². The van der Waals surface area contributed by atoms with Gasteiger partial charge in [0.25, 0.3) is 0 Å². The first-order valence-corrected chi connectivity index (χ1v) is 8.76. The number of hydrogen-bond acceptors (Lipinski definition) is 4. The fourth-order valence-electron chi connectivity index (χ4n) is 2.97. The van der Waals surface area contributed by atoms with Gasteiger partial charge in [-0.25, -0.2) is 4.79 Å². The van der Waals surface area contributed by atoms with Crippen LogP contribution < -0.4 is 15.4 Å². The van der Waals surface area contributed by atoms with Gasteiger partial charge >= 0.3 is 6.03 Å². The summed E-state index contributed by atoms with van der Waals surface area (Å²) in [5.74, 6) is 1.22. The third-order valence-corrected chi connectivity index (χ3v) is 4.52. The van der Waals surface area contributed by atoms with Crippen LogP contribution >= 0.6 is 0 Å². The molecule has 0 bridgehead atoms. The monoisotopic (exact) mass is 355 g/mol. The predicted octanol–water partition coefficient (Wildman–Crippen LogP) is 2.44. The first kappa shape index (κ1) is 18.2. The van der Waals surface area contributed by atoms with Crippen molar-refractivity contribution in [1.82, 2.24) is 10.2 Å². The van der Waals surface area contributed by atoms with Crippen LogP contribution in [0.3, 0.4) is 0 Å². The summed E-state index contributed by atoms with van der Waals surface area (Å²) in [6, 6.07) is 15.2. The molecule has 0 unspecified atom stereocenters. The summed E-state index contributed by atoms with van der Waals surface area (Å²) < 4.78 is 5.12. The molecule has 0 atom stereocenters. The number of amides is 2. The lowest BCUT2D eigenvalue weighted by Gasteiger charge is -2.38. The number of ether oxygens (including phenoxy) is 1. The molecule has 0 aliphatic carbocycles. The van der Waals surface area contributed by atoms with Gasteiger partial charge in [-0.3, -0.25) is 4.90 Å². The number of aliphatic hydroxyl groups excluding tert-OH is 1. The largest absolute Gasteiger partial charge is 0.497 e. The number of methoxy groups -OCH3 is 1. The van der Waals surface area contributed by atoms with Crippen LogP contribution in [0.4, 0.5) is 10.5 Å². The maximum absolute atomic E-state index is 12.0. The summed E-state index contributed by atoms with van der Waals surface area (Å²) >= 11 is 0. The minimum absolute atomic E-state index is 0.234. The Hall–Kier alpha value is -2.57. The number of nitrogens with one attached hydrogen (secondary N) is 2. The molecule has 2 aromatic rings. The molecule has 0 radical (unpaired) electrons. The van der Waals surface area contributed by atoms with Crippen molar-refractivity contribution in [3.63, 3.8) is 0 Å². The summed E-state index contributed by atoms with van der Waals surface area (Å²) in [5.41, 5.74) is 2.97. The highest BCUT2D eigenvalue weighted by Crippen LogP contribution is 2.19. The van der Waals surface area contributed by atoms with Crippen LogP contribution in [0.5, 0.6) is 5.75 Å². The number of hydrogen-bond donors (Lipinski definition) is 3. The lowest BCUT2D eigenvalue weighted by Crippen LogP contribution is -2.47. The summed E-state index contributed by atoms with van der Waals surface area (Å²) in [4.78, 5) is 14.3. The van der Waals surface area contributed by atoms with Crippen molar-refractivity contribution in [3.8, 4) is 5.75 Å². The second kappa shape index (κ2) is 8.69. The van der Waals surface area contributed by atoms with Crippen molar-refractivity contribution in [2.75, 3.05) is 32.1 Å².